The first-order chi connectivity index (χ1) is 10.8. The Morgan fingerprint density at radius 2 is 1.23 bits per heavy atom. The topological polar surface area (TPSA) is 41.3 Å². The van der Waals surface area contributed by atoms with E-state index in [9.17, 15) is 0 Å². The highest BCUT2D eigenvalue weighted by molar-refractivity contribution is 4.62. The van der Waals surface area contributed by atoms with Gasteiger partial charge in [0.15, 0.2) is 0 Å². The lowest BCUT2D eigenvalue weighted by Gasteiger charge is -2.27. The van der Waals surface area contributed by atoms with Crippen LogP contribution in [0, 0.1) is 0 Å². The molecule has 0 aromatic heterocycles. The first-order valence-electron chi connectivity index (χ1n) is 9.96. The molecule has 0 saturated carbocycles. The lowest BCUT2D eigenvalue weighted by Crippen LogP contribution is -2.47. The normalized spacial score (nSPS) is 13.0. The van der Waals surface area contributed by atoms with E-state index in [0.29, 0.717) is 6.04 Å². The molecule has 0 aliphatic rings. The zero-order chi connectivity index (χ0) is 16.5. The van der Waals surface area contributed by atoms with Crippen molar-refractivity contribution >= 4 is 0 Å². The second-order valence-electron chi connectivity index (χ2n) is 6.67. The summed E-state index contributed by atoms with van der Waals surface area (Å²) in [6.07, 6.45) is 16.9. The second-order valence-corrected chi connectivity index (χ2v) is 6.67. The summed E-state index contributed by atoms with van der Waals surface area (Å²) in [7, 11) is 0. The van der Waals surface area contributed by atoms with Crippen molar-refractivity contribution in [2.24, 2.45) is 5.73 Å². The zero-order valence-electron chi connectivity index (χ0n) is 15.7. The van der Waals surface area contributed by atoms with Crippen LogP contribution in [0.3, 0.4) is 0 Å². The lowest BCUT2D eigenvalue weighted by molar-refractivity contribution is 0.145. The fourth-order valence-corrected chi connectivity index (χ4v) is 2.90. The fourth-order valence-electron chi connectivity index (χ4n) is 2.90. The van der Waals surface area contributed by atoms with Gasteiger partial charge in [-0.25, -0.2) is 5.01 Å². The number of nitrogens with two attached hydrogens (primary N) is 1. The molecular formula is C19H43N3. The first kappa shape index (κ1) is 21.9. The van der Waals surface area contributed by atoms with E-state index in [0.717, 1.165) is 19.6 Å². The highest BCUT2D eigenvalue weighted by atomic mass is 15.5. The Morgan fingerprint density at radius 1 is 0.773 bits per heavy atom. The summed E-state index contributed by atoms with van der Waals surface area (Å²) in [4.78, 5) is 0. The average Bonchev–Trinajstić information content (AvgIpc) is 2.54. The van der Waals surface area contributed by atoms with Gasteiger partial charge in [0, 0.05) is 25.7 Å². The number of nitrogens with zero attached hydrogens (tertiary/aromatic N) is 1. The Hall–Kier alpha value is -0.120. The third kappa shape index (κ3) is 13.5. The minimum absolute atomic E-state index is 0.433. The molecule has 22 heavy (non-hydrogen) atoms. The molecule has 0 radical (unpaired) electrons. The third-order valence-electron chi connectivity index (χ3n) is 4.56. The van der Waals surface area contributed by atoms with E-state index in [2.05, 4.69) is 31.2 Å². The molecule has 3 N–H and O–H groups in total. The van der Waals surface area contributed by atoms with Gasteiger partial charge >= 0.3 is 0 Å². The zero-order valence-corrected chi connectivity index (χ0v) is 15.7. The molecule has 0 spiro atoms. The lowest BCUT2D eigenvalue weighted by atomic mass is 10.1. The molecular weight excluding hydrogens is 270 g/mol. The van der Waals surface area contributed by atoms with E-state index in [1.807, 2.05) is 0 Å². The highest BCUT2D eigenvalue weighted by Gasteiger charge is 2.08. The Bertz CT molecular complexity index is 209. The first-order valence-corrected chi connectivity index (χ1v) is 9.96. The van der Waals surface area contributed by atoms with Crippen LogP contribution in [0.5, 0.6) is 0 Å². The number of hydrazine groups is 1. The second kappa shape index (κ2) is 17.2. The monoisotopic (exact) mass is 313 g/mol. The molecule has 0 aliphatic carbocycles. The standard InChI is InChI=1S/C19H43N3/c1-4-6-7-8-9-10-11-12-13-14-15-16-17-21-22(5-2)19(3)18-20/h19,21H,4-18,20H2,1-3H3. The minimum atomic E-state index is 0.433. The number of hydrogen-bond donors (Lipinski definition) is 2. The molecule has 0 bridgehead atoms. The van der Waals surface area contributed by atoms with Crippen molar-refractivity contribution in [2.45, 2.75) is 104 Å². The molecule has 3 nitrogen and oxygen atoms in total. The number of likely N-dealkylation sites (N-methyl/N-ethyl adjacent to an activating group) is 1. The minimum Gasteiger partial charge on any atom is -0.329 e. The molecule has 0 aliphatic heterocycles. The van der Waals surface area contributed by atoms with Gasteiger partial charge in [0.2, 0.25) is 0 Å². The molecule has 1 unspecified atom stereocenters. The van der Waals surface area contributed by atoms with Crippen LogP contribution in [0.1, 0.15) is 97.8 Å². The van der Waals surface area contributed by atoms with Crippen molar-refractivity contribution in [1.82, 2.24) is 10.4 Å². The molecule has 134 valence electrons. The van der Waals surface area contributed by atoms with Gasteiger partial charge in [-0.2, -0.15) is 0 Å². The smallest absolute Gasteiger partial charge is 0.0337 e. The van der Waals surface area contributed by atoms with Crippen molar-refractivity contribution in [3.8, 4) is 0 Å². The van der Waals surface area contributed by atoms with Crippen LogP contribution in [0.15, 0.2) is 0 Å². The summed E-state index contributed by atoms with van der Waals surface area (Å²) in [5.74, 6) is 0. The van der Waals surface area contributed by atoms with Crippen LogP contribution in [0.25, 0.3) is 0 Å². The molecule has 0 aromatic carbocycles. The predicted molar refractivity (Wildman–Crippen MR) is 100.0 cm³/mol. The van der Waals surface area contributed by atoms with E-state index in [1.54, 1.807) is 0 Å². The van der Waals surface area contributed by atoms with Crippen molar-refractivity contribution < 1.29 is 0 Å². The van der Waals surface area contributed by atoms with Crippen molar-refractivity contribution in [3.63, 3.8) is 0 Å². The third-order valence-corrected chi connectivity index (χ3v) is 4.56. The van der Waals surface area contributed by atoms with Gasteiger partial charge in [0.1, 0.15) is 0 Å². The largest absolute Gasteiger partial charge is 0.329 e. The van der Waals surface area contributed by atoms with Crippen LogP contribution in [0.4, 0.5) is 0 Å². The Balaban J connectivity index is 3.20. The van der Waals surface area contributed by atoms with Gasteiger partial charge in [-0.1, -0.05) is 84.5 Å². The molecule has 0 rings (SSSR count). The summed E-state index contributed by atoms with van der Waals surface area (Å²) < 4.78 is 0. The van der Waals surface area contributed by atoms with Crippen molar-refractivity contribution in [2.75, 3.05) is 19.6 Å². The SMILES string of the molecule is CCCCCCCCCCCCCCNN(CC)C(C)CN. The number of rotatable bonds is 17. The Kier molecular flexibility index (Phi) is 17.1. The molecule has 0 heterocycles. The van der Waals surface area contributed by atoms with E-state index in [4.69, 9.17) is 5.73 Å². The number of hydrogen-bond acceptors (Lipinski definition) is 3. The van der Waals surface area contributed by atoms with E-state index >= 15 is 0 Å². The van der Waals surface area contributed by atoms with Crippen LogP contribution in [-0.2, 0) is 0 Å². The Labute approximate surface area is 140 Å². The molecule has 3 heteroatoms. The fraction of sp³-hybridized carbons (Fsp3) is 1.00. The summed E-state index contributed by atoms with van der Waals surface area (Å²) in [5, 5.41) is 2.26. The molecule has 0 fully saturated rings. The van der Waals surface area contributed by atoms with Crippen LogP contribution in [0.2, 0.25) is 0 Å². The highest BCUT2D eigenvalue weighted by Crippen LogP contribution is 2.11. The summed E-state index contributed by atoms with van der Waals surface area (Å²) in [5.41, 5.74) is 9.22. The molecule has 1 atom stereocenters. The van der Waals surface area contributed by atoms with Crippen LogP contribution >= 0.6 is 0 Å². The van der Waals surface area contributed by atoms with Gasteiger partial charge in [-0.15, -0.1) is 0 Å². The summed E-state index contributed by atoms with van der Waals surface area (Å²) in [6, 6.07) is 0.433. The van der Waals surface area contributed by atoms with Crippen molar-refractivity contribution in [3.05, 3.63) is 0 Å². The van der Waals surface area contributed by atoms with Crippen LogP contribution < -0.4 is 11.2 Å². The quantitative estimate of drug-likeness (QED) is 0.297. The predicted octanol–water partition coefficient (Wildman–Crippen LogP) is 4.86. The Morgan fingerprint density at radius 3 is 1.64 bits per heavy atom. The summed E-state index contributed by atoms with van der Waals surface area (Å²) in [6.45, 7) is 9.49. The number of unbranched alkanes of at least 4 members (excludes halogenated alkanes) is 11. The van der Waals surface area contributed by atoms with Gasteiger partial charge in [-0.3, -0.25) is 5.43 Å². The number of nitrogens with one attached hydrogen (secondary N) is 1. The van der Waals surface area contributed by atoms with Gasteiger partial charge in [-0.05, 0) is 13.3 Å². The van der Waals surface area contributed by atoms with Crippen molar-refractivity contribution in [1.29, 1.82) is 0 Å². The molecule has 0 amide bonds. The average molecular weight is 314 g/mol. The summed E-state index contributed by atoms with van der Waals surface area (Å²) >= 11 is 0. The maximum atomic E-state index is 5.71. The van der Waals surface area contributed by atoms with E-state index in [-0.39, 0.29) is 0 Å². The van der Waals surface area contributed by atoms with Crippen LogP contribution in [-0.4, -0.2) is 30.7 Å². The van der Waals surface area contributed by atoms with Gasteiger partial charge in [0.25, 0.3) is 0 Å². The van der Waals surface area contributed by atoms with E-state index < -0.39 is 0 Å². The maximum Gasteiger partial charge on any atom is 0.0337 e. The van der Waals surface area contributed by atoms with Gasteiger partial charge in [0.05, 0.1) is 0 Å². The van der Waals surface area contributed by atoms with Gasteiger partial charge < -0.3 is 5.73 Å². The molecule has 0 saturated heterocycles. The molecule has 0 aromatic rings. The van der Waals surface area contributed by atoms with E-state index in [1.165, 1.54) is 77.0 Å². The maximum absolute atomic E-state index is 5.71.